The molecule has 6 nitrogen and oxygen atoms in total. The second-order valence-corrected chi connectivity index (χ2v) is 7.09. The lowest BCUT2D eigenvalue weighted by molar-refractivity contribution is 0.144. The molecule has 0 unspecified atom stereocenters. The van der Waals surface area contributed by atoms with Crippen molar-refractivity contribution in [2.75, 3.05) is 7.05 Å². The fourth-order valence-electron chi connectivity index (χ4n) is 3.98. The maximum atomic E-state index is 12.5. The minimum absolute atomic E-state index is 0.00900. The summed E-state index contributed by atoms with van der Waals surface area (Å²) in [6.07, 6.45) is 9.46. The maximum Gasteiger partial charge on any atom is 0.317 e. The van der Waals surface area contributed by atoms with Gasteiger partial charge in [-0.25, -0.2) is 4.79 Å². The van der Waals surface area contributed by atoms with Crippen molar-refractivity contribution in [3.05, 3.63) is 11.6 Å². The van der Waals surface area contributed by atoms with E-state index in [0.717, 1.165) is 31.0 Å². The average Bonchev–Trinajstić information content (AvgIpc) is 2.79. The number of nitrogens with one attached hydrogen (secondary N) is 1. The van der Waals surface area contributed by atoms with E-state index in [1.165, 1.54) is 38.5 Å². The molecule has 0 aromatic carbocycles. The van der Waals surface area contributed by atoms with Gasteiger partial charge in [0.1, 0.15) is 5.82 Å². The van der Waals surface area contributed by atoms with Crippen LogP contribution in [0, 0.1) is 5.92 Å². The second-order valence-electron chi connectivity index (χ2n) is 7.09. The second kappa shape index (κ2) is 7.32. The van der Waals surface area contributed by atoms with Gasteiger partial charge < -0.3 is 14.8 Å². The highest BCUT2D eigenvalue weighted by atomic mass is 16.2. The highest BCUT2D eigenvalue weighted by molar-refractivity contribution is 5.74. The van der Waals surface area contributed by atoms with E-state index in [9.17, 15) is 4.79 Å². The van der Waals surface area contributed by atoms with Gasteiger partial charge in [0, 0.05) is 26.1 Å². The molecule has 1 fully saturated rings. The monoisotopic (exact) mass is 319 g/mol. The molecule has 23 heavy (non-hydrogen) atoms. The molecule has 6 heteroatoms. The van der Waals surface area contributed by atoms with E-state index < -0.39 is 0 Å². The molecule has 2 aliphatic rings. The summed E-state index contributed by atoms with van der Waals surface area (Å²) in [6, 6.07) is 0.369. The van der Waals surface area contributed by atoms with Gasteiger partial charge in [-0.2, -0.15) is 0 Å². The zero-order chi connectivity index (χ0) is 16.2. The summed E-state index contributed by atoms with van der Waals surface area (Å²) in [4.78, 5) is 14.4. The average molecular weight is 319 g/mol. The predicted octanol–water partition coefficient (Wildman–Crippen LogP) is 2.72. The largest absolute Gasteiger partial charge is 0.331 e. The van der Waals surface area contributed by atoms with Gasteiger partial charge in [-0.3, -0.25) is 0 Å². The van der Waals surface area contributed by atoms with E-state index in [2.05, 4.69) is 27.0 Å². The number of rotatable bonds is 3. The Hall–Kier alpha value is -1.59. The lowest BCUT2D eigenvalue weighted by atomic mass is 9.85. The van der Waals surface area contributed by atoms with Gasteiger partial charge in [0.25, 0.3) is 0 Å². The third-order valence-corrected chi connectivity index (χ3v) is 5.47. The molecular weight excluding hydrogens is 290 g/mol. The fourth-order valence-corrected chi connectivity index (χ4v) is 3.98. The summed E-state index contributed by atoms with van der Waals surface area (Å²) in [5.41, 5.74) is 0. The zero-order valence-electron chi connectivity index (χ0n) is 14.4. The SMILES string of the molecule is C[C@H]1CCCC[C@@H]1N(C)C(=O)NCc1nnc2n1CCCCC2. The first kappa shape index (κ1) is 16.3. The number of hydrogen-bond donors (Lipinski definition) is 1. The Morgan fingerprint density at radius 2 is 2.04 bits per heavy atom. The van der Waals surface area contributed by atoms with Crippen molar-refractivity contribution in [2.45, 2.75) is 77.4 Å². The van der Waals surface area contributed by atoms with E-state index >= 15 is 0 Å². The molecule has 2 atom stereocenters. The van der Waals surface area contributed by atoms with Gasteiger partial charge in [-0.15, -0.1) is 10.2 Å². The molecule has 0 spiro atoms. The summed E-state index contributed by atoms with van der Waals surface area (Å²) >= 11 is 0. The number of carbonyl (C=O) groups is 1. The van der Waals surface area contributed by atoms with Crippen LogP contribution in [-0.4, -0.2) is 38.8 Å². The topological polar surface area (TPSA) is 63.1 Å². The Morgan fingerprint density at radius 3 is 2.87 bits per heavy atom. The summed E-state index contributed by atoms with van der Waals surface area (Å²) in [6.45, 7) is 3.70. The molecule has 2 heterocycles. The van der Waals surface area contributed by atoms with Gasteiger partial charge in [0.2, 0.25) is 0 Å². The Balaban J connectivity index is 1.57. The molecule has 0 radical (unpaired) electrons. The van der Waals surface area contributed by atoms with Gasteiger partial charge in [0.15, 0.2) is 5.82 Å². The lowest BCUT2D eigenvalue weighted by Crippen LogP contribution is -2.47. The summed E-state index contributed by atoms with van der Waals surface area (Å²) in [5, 5.41) is 11.6. The van der Waals surface area contributed by atoms with Gasteiger partial charge in [0.05, 0.1) is 6.54 Å². The highest BCUT2D eigenvalue weighted by Crippen LogP contribution is 2.27. The van der Waals surface area contributed by atoms with Gasteiger partial charge >= 0.3 is 6.03 Å². The molecular formula is C17H29N5O. The molecule has 0 bridgehead atoms. The van der Waals surface area contributed by atoms with Crippen LogP contribution in [0.15, 0.2) is 0 Å². The highest BCUT2D eigenvalue weighted by Gasteiger charge is 2.28. The van der Waals surface area contributed by atoms with Crippen LogP contribution in [0.4, 0.5) is 4.79 Å². The molecule has 1 N–H and O–H groups in total. The van der Waals surface area contributed by atoms with Crippen LogP contribution in [0.1, 0.15) is 63.5 Å². The number of carbonyl (C=O) groups excluding carboxylic acids is 1. The number of nitrogens with zero attached hydrogens (tertiary/aromatic N) is 4. The Bertz CT molecular complexity index is 541. The minimum atomic E-state index is 0.00900. The Kier molecular flexibility index (Phi) is 5.18. The number of amides is 2. The number of fused-ring (bicyclic) bond motifs is 1. The van der Waals surface area contributed by atoms with Crippen molar-refractivity contribution >= 4 is 6.03 Å². The van der Waals surface area contributed by atoms with Crippen LogP contribution in [0.5, 0.6) is 0 Å². The van der Waals surface area contributed by atoms with Crippen LogP contribution >= 0.6 is 0 Å². The third kappa shape index (κ3) is 3.67. The fraction of sp³-hybridized carbons (Fsp3) is 0.824. The molecule has 0 saturated heterocycles. The van der Waals surface area contributed by atoms with Crippen molar-refractivity contribution in [3.63, 3.8) is 0 Å². The number of aryl methyl sites for hydroxylation is 1. The van der Waals surface area contributed by atoms with Gasteiger partial charge in [-0.05, 0) is 31.6 Å². The third-order valence-electron chi connectivity index (χ3n) is 5.47. The molecule has 3 rings (SSSR count). The molecule has 1 aromatic heterocycles. The van der Waals surface area contributed by atoms with E-state index in [1.54, 1.807) is 0 Å². The zero-order valence-corrected chi connectivity index (χ0v) is 14.4. The molecule has 1 saturated carbocycles. The van der Waals surface area contributed by atoms with Crippen LogP contribution < -0.4 is 5.32 Å². The molecule has 1 aliphatic carbocycles. The molecule has 128 valence electrons. The smallest absolute Gasteiger partial charge is 0.317 e. The van der Waals surface area contributed by atoms with Crippen molar-refractivity contribution in [1.29, 1.82) is 0 Å². The Morgan fingerprint density at radius 1 is 1.22 bits per heavy atom. The summed E-state index contributed by atoms with van der Waals surface area (Å²) in [5.74, 6) is 2.55. The molecule has 2 amide bonds. The van der Waals surface area contributed by atoms with Crippen LogP contribution in [0.3, 0.4) is 0 Å². The van der Waals surface area contributed by atoms with Crippen molar-refractivity contribution in [1.82, 2.24) is 25.0 Å². The van der Waals surface area contributed by atoms with Crippen molar-refractivity contribution in [3.8, 4) is 0 Å². The van der Waals surface area contributed by atoms with E-state index in [1.807, 2.05) is 11.9 Å². The van der Waals surface area contributed by atoms with Crippen LogP contribution in [0.25, 0.3) is 0 Å². The minimum Gasteiger partial charge on any atom is -0.331 e. The maximum absolute atomic E-state index is 12.5. The first-order valence-corrected chi connectivity index (χ1v) is 9.08. The van der Waals surface area contributed by atoms with Crippen molar-refractivity contribution in [2.24, 2.45) is 5.92 Å². The van der Waals surface area contributed by atoms with Crippen molar-refractivity contribution < 1.29 is 4.79 Å². The number of hydrogen-bond acceptors (Lipinski definition) is 3. The number of urea groups is 1. The standard InChI is InChI=1S/C17H29N5O/c1-13-8-5-6-9-14(13)21(2)17(23)18-12-16-20-19-15-10-4-3-7-11-22(15)16/h13-14H,3-12H2,1-2H3,(H,18,23)/t13-,14-/m0/s1. The van der Waals surface area contributed by atoms with E-state index in [0.29, 0.717) is 18.5 Å². The summed E-state index contributed by atoms with van der Waals surface area (Å²) in [7, 11) is 1.92. The van der Waals surface area contributed by atoms with Gasteiger partial charge in [-0.1, -0.05) is 26.2 Å². The molecule has 1 aromatic rings. The first-order chi connectivity index (χ1) is 11.2. The van der Waals surface area contributed by atoms with Crippen LogP contribution in [0.2, 0.25) is 0 Å². The van der Waals surface area contributed by atoms with Crippen LogP contribution in [-0.2, 0) is 19.5 Å². The predicted molar refractivity (Wildman–Crippen MR) is 89.0 cm³/mol. The molecule has 1 aliphatic heterocycles. The van der Waals surface area contributed by atoms with E-state index in [4.69, 9.17) is 0 Å². The lowest BCUT2D eigenvalue weighted by Gasteiger charge is -2.36. The number of aromatic nitrogens is 3. The van der Waals surface area contributed by atoms with E-state index in [-0.39, 0.29) is 6.03 Å². The quantitative estimate of drug-likeness (QED) is 0.932. The normalized spacial score (nSPS) is 24.6. The summed E-state index contributed by atoms with van der Waals surface area (Å²) < 4.78 is 2.19. The first-order valence-electron chi connectivity index (χ1n) is 9.08. The Labute approximate surface area is 138 Å².